The molecule has 0 amide bonds. The van der Waals surface area contributed by atoms with Crippen molar-refractivity contribution < 1.29 is 10.2 Å². The second kappa shape index (κ2) is 6.74. The number of hydrogen-bond donors (Lipinski definition) is 2. The van der Waals surface area contributed by atoms with E-state index in [1.165, 1.54) is 11.8 Å². The lowest BCUT2D eigenvalue weighted by Crippen LogP contribution is -1.95. The molecule has 1 unspecified atom stereocenters. The molecule has 88 valence electrons. The van der Waals surface area contributed by atoms with E-state index in [0.717, 1.165) is 16.0 Å². The van der Waals surface area contributed by atoms with Crippen LogP contribution in [0.1, 0.15) is 31.3 Å². The number of thioether (sulfide) groups is 1. The van der Waals surface area contributed by atoms with Gasteiger partial charge in [0.15, 0.2) is 0 Å². The van der Waals surface area contributed by atoms with Crippen LogP contribution in [-0.4, -0.2) is 16.8 Å². The van der Waals surface area contributed by atoms with E-state index in [4.69, 9.17) is 5.11 Å². The van der Waals surface area contributed by atoms with Crippen molar-refractivity contribution in [3.8, 4) is 0 Å². The predicted molar refractivity (Wildman–Crippen MR) is 69.1 cm³/mol. The monoisotopic (exact) mass is 238 g/mol. The van der Waals surface area contributed by atoms with Crippen molar-refractivity contribution in [2.24, 2.45) is 0 Å². The van der Waals surface area contributed by atoms with E-state index in [-0.39, 0.29) is 6.61 Å². The van der Waals surface area contributed by atoms with Gasteiger partial charge in [-0.15, -0.1) is 0 Å². The van der Waals surface area contributed by atoms with Crippen molar-refractivity contribution in [3.05, 3.63) is 46.4 Å². The highest BCUT2D eigenvalue weighted by molar-refractivity contribution is 8.03. The maximum absolute atomic E-state index is 10.0. The SMILES string of the molecule is CC(C)=C(CCO)SC(O)c1ccccc1. The molecule has 0 aliphatic heterocycles. The molecule has 0 heterocycles. The lowest BCUT2D eigenvalue weighted by atomic mass is 10.2. The van der Waals surface area contributed by atoms with Crippen LogP contribution in [0, 0.1) is 0 Å². The average Bonchev–Trinajstić information content (AvgIpc) is 2.29. The summed E-state index contributed by atoms with van der Waals surface area (Å²) in [5, 5.41) is 19.0. The van der Waals surface area contributed by atoms with Gasteiger partial charge in [-0.3, -0.25) is 0 Å². The number of hydrogen-bond acceptors (Lipinski definition) is 3. The van der Waals surface area contributed by atoms with Crippen LogP contribution in [0.5, 0.6) is 0 Å². The molecule has 1 aromatic carbocycles. The van der Waals surface area contributed by atoms with E-state index in [9.17, 15) is 5.11 Å². The Morgan fingerprint density at radius 1 is 1.25 bits per heavy atom. The first-order valence-corrected chi connectivity index (χ1v) is 6.20. The number of aliphatic hydroxyl groups excluding tert-OH is 2. The van der Waals surface area contributed by atoms with Crippen LogP contribution in [0.3, 0.4) is 0 Å². The summed E-state index contributed by atoms with van der Waals surface area (Å²) in [5.41, 5.74) is 1.48. The highest BCUT2D eigenvalue weighted by Gasteiger charge is 2.11. The van der Waals surface area contributed by atoms with Gasteiger partial charge in [-0.2, -0.15) is 0 Å². The standard InChI is InChI=1S/C13H18O2S/c1-10(2)12(8-9-14)16-13(15)11-6-4-3-5-7-11/h3-7,13-15H,8-9H2,1-2H3. The van der Waals surface area contributed by atoms with Crippen molar-refractivity contribution in [2.75, 3.05) is 6.61 Å². The summed E-state index contributed by atoms with van der Waals surface area (Å²) in [7, 11) is 0. The van der Waals surface area contributed by atoms with Gasteiger partial charge in [0, 0.05) is 13.0 Å². The van der Waals surface area contributed by atoms with Gasteiger partial charge in [0.25, 0.3) is 0 Å². The summed E-state index contributed by atoms with van der Waals surface area (Å²) in [5.74, 6) is 0. The Hall–Kier alpha value is -0.770. The van der Waals surface area contributed by atoms with Crippen LogP contribution >= 0.6 is 11.8 Å². The molecule has 0 saturated carbocycles. The molecule has 1 rings (SSSR count). The van der Waals surface area contributed by atoms with Crippen LogP contribution < -0.4 is 0 Å². The molecule has 0 aliphatic carbocycles. The third-order valence-corrected chi connectivity index (χ3v) is 3.63. The molecule has 0 spiro atoms. The van der Waals surface area contributed by atoms with E-state index in [2.05, 4.69) is 0 Å². The van der Waals surface area contributed by atoms with Crippen LogP contribution in [0.25, 0.3) is 0 Å². The van der Waals surface area contributed by atoms with Gasteiger partial charge in [0.1, 0.15) is 5.44 Å². The Balaban J connectivity index is 2.70. The number of allylic oxidation sites excluding steroid dienone is 1. The van der Waals surface area contributed by atoms with E-state index >= 15 is 0 Å². The van der Waals surface area contributed by atoms with E-state index in [1.54, 1.807) is 0 Å². The fourth-order valence-corrected chi connectivity index (χ4v) is 2.36. The molecule has 0 bridgehead atoms. The summed E-state index contributed by atoms with van der Waals surface area (Å²) in [4.78, 5) is 1.05. The van der Waals surface area contributed by atoms with Crippen molar-refractivity contribution in [1.82, 2.24) is 0 Å². The van der Waals surface area contributed by atoms with Crippen LogP contribution in [0.2, 0.25) is 0 Å². The average molecular weight is 238 g/mol. The zero-order valence-corrected chi connectivity index (χ0v) is 10.5. The predicted octanol–water partition coefficient (Wildman–Crippen LogP) is 3.09. The Kier molecular flexibility index (Phi) is 5.60. The van der Waals surface area contributed by atoms with Gasteiger partial charge in [-0.25, -0.2) is 0 Å². The van der Waals surface area contributed by atoms with E-state index < -0.39 is 5.44 Å². The van der Waals surface area contributed by atoms with E-state index in [1.807, 2.05) is 44.2 Å². The molecular weight excluding hydrogens is 220 g/mol. The first-order valence-electron chi connectivity index (χ1n) is 5.32. The summed E-state index contributed by atoms with van der Waals surface area (Å²) in [6.07, 6.45) is 0.608. The lowest BCUT2D eigenvalue weighted by Gasteiger charge is -2.14. The quantitative estimate of drug-likeness (QED) is 0.774. The van der Waals surface area contributed by atoms with Gasteiger partial charge in [-0.05, 0) is 24.3 Å². The van der Waals surface area contributed by atoms with Crippen molar-refractivity contribution in [3.63, 3.8) is 0 Å². The minimum atomic E-state index is -0.558. The first-order chi connectivity index (χ1) is 7.65. The normalized spacial score (nSPS) is 12.2. The molecule has 16 heavy (non-hydrogen) atoms. The maximum atomic E-state index is 10.0. The van der Waals surface area contributed by atoms with Gasteiger partial charge in [0.05, 0.1) is 0 Å². The molecule has 2 N–H and O–H groups in total. The maximum Gasteiger partial charge on any atom is 0.129 e. The second-order valence-corrected chi connectivity index (χ2v) is 4.95. The molecule has 0 radical (unpaired) electrons. The second-order valence-electron chi connectivity index (χ2n) is 3.78. The number of benzene rings is 1. The number of rotatable bonds is 5. The Morgan fingerprint density at radius 3 is 2.38 bits per heavy atom. The van der Waals surface area contributed by atoms with Gasteiger partial charge in [-0.1, -0.05) is 47.7 Å². The van der Waals surface area contributed by atoms with Gasteiger partial charge in [0.2, 0.25) is 0 Å². The van der Waals surface area contributed by atoms with Crippen LogP contribution in [0.4, 0.5) is 0 Å². The molecule has 0 saturated heterocycles. The fraction of sp³-hybridized carbons (Fsp3) is 0.385. The summed E-state index contributed by atoms with van der Waals surface area (Å²) < 4.78 is 0. The zero-order chi connectivity index (χ0) is 12.0. The Labute approximate surface area is 101 Å². The van der Waals surface area contributed by atoms with E-state index in [0.29, 0.717) is 6.42 Å². The van der Waals surface area contributed by atoms with Crippen molar-refractivity contribution in [2.45, 2.75) is 25.7 Å². The van der Waals surface area contributed by atoms with Gasteiger partial charge < -0.3 is 10.2 Å². The highest BCUT2D eigenvalue weighted by Crippen LogP contribution is 2.35. The summed E-state index contributed by atoms with van der Waals surface area (Å²) >= 11 is 1.41. The van der Waals surface area contributed by atoms with Crippen molar-refractivity contribution >= 4 is 11.8 Å². The third-order valence-electron chi connectivity index (χ3n) is 2.24. The lowest BCUT2D eigenvalue weighted by molar-refractivity contribution is 0.270. The van der Waals surface area contributed by atoms with Crippen LogP contribution in [-0.2, 0) is 0 Å². The molecule has 2 nitrogen and oxygen atoms in total. The Bertz CT molecular complexity index is 342. The Morgan fingerprint density at radius 2 is 1.88 bits per heavy atom. The summed E-state index contributed by atoms with van der Waals surface area (Å²) in [6, 6.07) is 9.55. The van der Waals surface area contributed by atoms with Gasteiger partial charge >= 0.3 is 0 Å². The molecule has 0 aromatic heterocycles. The molecule has 3 heteroatoms. The molecule has 1 atom stereocenters. The summed E-state index contributed by atoms with van der Waals surface area (Å²) in [6.45, 7) is 4.11. The van der Waals surface area contributed by atoms with Crippen LogP contribution in [0.15, 0.2) is 40.8 Å². The topological polar surface area (TPSA) is 40.5 Å². The highest BCUT2D eigenvalue weighted by atomic mass is 32.2. The molecule has 0 fully saturated rings. The fourth-order valence-electron chi connectivity index (χ4n) is 1.35. The molecular formula is C13H18O2S. The zero-order valence-electron chi connectivity index (χ0n) is 9.68. The third kappa shape index (κ3) is 4.00. The first kappa shape index (κ1) is 13.3. The molecule has 1 aromatic rings. The smallest absolute Gasteiger partial charge is 0.129 e. The minimum absolute atomic E-state index is 0.120. The van der Waals surface area contributed by atoms with Crippen molar-refractivity contribution in [1.29, 1.82) is 0 Å². The number of aliphatic hydroxyl groups is 2. The molecule has 0 aliphatic rings. The minimum Gasteiger partial charge on any atom is -0.396 e. The largest absolute Gasteiger partial charge is 0.396 e.